The van der Waals surface area contributed by atoms with Gasteiger partial charge in [0.2, 0.25) is 0 Å². The van der Waals surface area contributed by atoms with Gasteiger partial charge in [-0.15, -0.1) is 0 Å². The van der Waals surface area contributed by atoms with Crippen molar-refractivity contribution in [1.82, 2.24) is 4.98 Å². The molecule has 25 heavy (non-hydrogen) atoms. The molecule has 7 heteroatoms. The number of nitrogens with one attached hydrogen (secondary N) is 1. The highest BCUT2D eigenvalue weighted by atomic mass is 19.1. The minimum Gasteiger partial charge on any atom is -0.487 e. The van der Waals surface area contributed by atoms with Crippen molar-refractivity contribution in [2.75, 3.05) is 5.32 Å². The lowest BCUT2D eigenvalue weighted by Crippen LogP contribution is -2.14. The summed E-state index contributed by atoms with van der Waals surface area (Å²) in [7, 11) is 0. The number of aromatic nitrogens is 1. The summed E-state index contributed by atoms with van der Waals surface area (Å²) in [5, 5.41) is 11.3. The van der Waals surface area contributed by atoms with Crippen LogP contribution in [0.3, 0.4) is 0 Å². The van der Waals surface area contributed by atoms with Crippen LogP contribution in [0.25, 0.3) is 0 Å². The van der Waals surface area contributed by atoms with Crippen molar-refractivity contribution in [3.05, 3.63) is 53.6 Å². The number of hydrogen-bond acceptors (Lipinski definition) is 4. The molecule has 1 aliphatic rings. The maximum absolute atomic E-state index is 14.1. The van der Waals surface area contributed by atoms with Crippen LogP contribution in [0.2, 0.25) is 0 Å². The molecule has 2 aromatic rings. The van der Waals surface area contributed by atoms with Crippen LogP contribution in [0.4, 0.5) is 10.1 Å². The number of hydrogen-bond donors (Lipinski definition) is 2. The monoisotopic (exact) mass is 344 g/mol. The number of carbonyl (C=O) groups excluding carboxylic acids is 1. The first-order chi connectivity index (χ1) is 12.0. The highest BCUT2D eigenvalue weighted by molar-refractivity contribution is 6.04. The number of carbonyl (C=O) groups is 2. The molecule has 1 aliphatic carbocycles. The number of ether oxygens (including phenoxy) is 1. The summed E-state index contributed by atoms with van der Waals surface area (Å²) in [5.74, 6) is -2.04. The molecule has 0 radical (unpaired) electrons. The van der Waals surface area contributed by atoms with Crippen LogP contribution in [-0.4, -0.2) is 28.1 Å². The lowest BCUT2D eigenvalue weighted by molar-refractivity contribution is 0.0690. The van der Waals surface area contributed by atoms with Crippen LogP contribution in [0.15, 0.2) is 36.5 Å². The van der Waals surface area contributed by atoms with Gasteiger partial charge < -0.3 is 15.2 Å². The molecule has 1 heterocycles. The van der Waals surface area contributed by atoms with Crippen LogP contribution in [-0.2, 0) is 0 Å². The lowest BCUT2D eigenvalue weighted by Gasteiger charge is -2.14. The largest absolute Gasteiger partial charge is 0.487 e. The van der Waals surface area contributed by atoms with Gasteiger partial charge in [-0.05, 0) is 49.9 Å². The average Bonchev–Trinajstić information content (AvgIpc) is 3.10. The van der Waals surface area contributed by atoms with Crippen LogP contribution >= 0.6 is 0 Å². The molecule has 130 valence electrons. The Balaban J connectivity index is 1.66. The van der Waals surface area contributed by atoms with E-state index in [1.165, 1.54) is 24.3 Å². The number of rotatable bonds is 5. The molecule has 0 atom stereocenters. The average molecular weight is 344 g/mol. The van der Waals surface area contributed by atoms with Crippen molar-refractivity contribution in [3.63, 3.8) is 0 Å². The molecule has 3 rings (SSSR count). The minimum absolute atomic E-state index is 0.0498. The van der Waals surface area contributed by atoms with Crippen LogP contribution < -0.4 is 10.1 Å². The summed E-state index contributed by atoms with van der Waals surface area (Å²) < 4.78 is 19.8. The molecule has 1 fully saturated rings. The van der Waals surface area contributed by atoms with E-state index in [1.54, 1.807) is 6.07 Å². The van der Waals surface area contributed by atoms with E-state index in [0.717, 1.165) is 31.9 Å². The Labute approximate surface area is 143 Å². The second kappa shape index (κ2) is 7.29. The van der Waals surface area contributed by atoms with Crippen molar-refractivity contribution in [2.24, 2.45) is 0 Å². The predicted octanol–water partition coefficient (Wildman–Crippen LogP) is 3.49. The standard InChI is InChI=1S/C18H17FN2O4/c19-14-9-12(6-8-16(14)25-13-3-1-2-4-13)21-17(22)11-5-7-15(18(23)24)20-10-11/h5-10,13H,1-4H2,(H,21,22)(H,23,24). The third-order valence-electron chi connectivity index (χ3n) is 4.03. The van der Waals surface area contributed by atoms with Gasteiger partial charge in [0, 0.05) is 18.0 Å². The fraction of sp³-hybridized carbons (Fsp3) is 0.278. The van der Waals surface area contributed by atoms with E-state index in [4.69, 9.17) is 9.84 Å². The van der Waals surface area contributed by atoms with Gasteiger partial charge in [-0.2, -0.15) is 0 Å². The zero-order chi connectivity index (χ0) is 17.8. The smallest absolute Gasteiger partial charge is 0.354 e. The Morgan fingerprint density at radius 3 is 2.56 bits per heavy atom. The molecule has 0 bridgehead atoms. The predicted molar refractivity (Wildman–Crippen MR) is 88.4 cm³/mol. The minimum atomic E-state index is -1.17. The van der Waals surface area contributed by atoms with Crippen molar-refractivity contribution in [3.8, 4) is 5.75 Å². The Kier molecular flexibility index (Phi) is 4.92. The number of pyridine rings is 1. The normalized spacial score (nSPS) is 14.3. The van der Waals surface area contributed by atoms with E-state index in [9.17, 15) is 14.0 Å². The van der Waals surface area contributed by atoms with E-state index in [0.29, 0.717) is 0 Å². The summed E-state index contributed by atoms with van der Waals surface area (Å²) in [5.41, 5.74) is 0.302. The Hall–Kier alpha value is -2.96. The second-order valence-corrected chi connectivity index (χ2v) is 5.86. The molecule has 1 saturated carbocycles. The number of carboxylic acid groups (broad SMARTS) is 1. The molecule has 1 aromatic heterocycles. The first kappa shape index (κ1) is 16.9. The van der Waals surface area contributed by atoms with Gasteiger partial charge in [0.1, 0.15) is 5.69 Å². The molecular formula is C18H17FN2O4. The molecule has 0 unspecified atom stereocenters. The Morgan fingerprint density at radius 2 is 1.96 bits per heavy atom. The van der Waals surface area contributed by atoms with Gasteiger partial charge in [-0.25, -0.2) is 14.2 Å². The summed E-state index contributed by atoms with van der Waals surface area (Å²) in [6, 6.07) is 6.83. The zero-order valence-electron chi connectivity index (χ0n) is 13.4. The highest BCUT2D eigenvalue weighted by Gasteiger charge is 2.18. The number of benzene rings is 1. The van der Waals surface area contributed by atoms with Gasteiger partial charge in [0.15, 0.2) is 11.6 Å². The molecule has 6 nitrogen and oxygen atoms in total. The van der Waals surface area contributed by atoms with Gasteiger partial charge in [0.25, 0.3) is 5.91 Å². The first-order valence-electron chi connectivity index (χ1n) is 8.00. The Morgan fingerprint density at radius 1 is 1.20 bits per heavy atom. The maximum atomic E-state index is 14.1. The third kappa shape index (κ3) is 4.12. The molecule has 0 saturated heterocycles. The molecule has 0 aliphatic heterocycles. The highest BCUT2D eigenvalue weighted by Crippen LogP contribution is 2.27. The SMILES string of the molecule is O=C(Nc1ccc(OC2CCCC2)c(F)c1)c1ccc(C(=O)O)nc1. The van der Waals surface area contributed by atoms with E-state index < -0.39 is 17.7 Å². The number of carboxylic acids is 1. The number of nitrogens with zero attached hydrogens (tertiary/aromatic N) is 1. The van der Waals surface area contributed by atoms with Crippen molar-refractivity contribution in [2.45, 2.75) is 31.8 Å². The fourth-order valence-electron chi connectivity index (χ4n) is 2.72. The summed E-state index contributed by atoms with van der Waals surface area (Å²) >= 11 is 0. The van der Waals surface area contributed by atoms with Crippen LogP contribution in [0, 0.1) is 5.82 Å². The summed E-state index contributed by atoms with van der Waals surface area (Å²) in [6.07, 6.45) is 5.25. The third-order valence-corrected chi connectivity index (χ3v) is 4.03. The molecule has 0 spiro atoms. The van der Waals surface area contributed by atoms with Crippen molar-refractivity contribution < 1.29 is 23.8 Å². The lowest BCUT2D eigenvalue weighted by atomic mass is 10.2. The number of aromatic carboxylic acids is 1. The zero-order valence-corrected chi connectivity index (χ0v) is 13.4. The Bertz CT molecular complexity index is 786. The summed E-state index contributed by atoms with van der Waals surface area (Å²) in [6.45, 7) is 0. The van der Waals surface area contributed by atoms with Gasteiger partial charge in [-0.1, -0.05) is 0 Å². The second-order valence-electron chi connectivity index (χ2n) is 5.86. The van der Waals surface area contributed by atoms with Crippen molar-refractivity contribution in [1.29, 1.82) is 0 Å². The topological polar surface area (TPSA) is 88.5 Å². The number of amides is 1. The molecule has 1 aromatic carbocycles. The van der Waals surface area contributed by atoms with Crippen LogP contribution in [0.1, 0.15) is 46.5 Å². The van der Waals surface area contributed by atoms with E-state index in [1.807, 2.05) is 0 Å². The van der Waals surface area contributed by atoms with Crippen molar-refractivity contribution >= 4 is 17.6 Å². The molecule has 1 amide bonds. The molecule has 2 N–H and O–H groups in total. The van der Waals surface area contributed by atoms with E-state index >= 15 is 0 Å². The molecular weight excluding hydrogens is 327 g/mol. The quantitative estimate of drug-likeness (QED) is 0.867. The van der Waals surface area contributed by atoms with Crippen LogP contribution in [0.5, 0.6) is 5.75 Å². The number of halogens is 1. The number of anilines is 1. The maximum Gasteiger partial charge on any atom is 0.354 e. The van der Waals surface area contributed by atoms with Gasteiger partial charge >= 0.3 is 5.97 Å². The van der Waals surface area contributed by atoms with E-state index in [-0.39, 0.29) is 28.8 Å². The summed E-state index contributed by atoms with van der Waals surface area (Å²) in [4.78, 5) is 26.5. The van der Waals surface area contributed by atoms with E-state index in [2.05, 4.69) is 10.3 Å². The van der Waals surface area contributed by atoms with Gasteiger partial charge in [-0.3, -0.25) is 4.79 Å². The first-order valence-corrected chi connectivity index (χ1v) is 8.00. The fourth-order valence-corrected chi connectivity index (χ4v) is 2.72. The van der Waals surface area contributed by atoms with Gasteiger partial charge in [0.05, 0.1) is 11.7 Å².